The molecule has 24 heavy (non-hydrogen) atoms. The quantitative estimate of drug-likeness (QED) is 0.828. The van der Waals surface area contributed by atoms with E-state index in [0.29, 0.717) is 32.7 Å². The van der Waals surface area contributed by atoms with Gasteiger partial charge in [-0.2, -0.15) is 4.31 Å². The Morgan fingerprint density at radius 1 is 1.17 bits per heavy atom. The first-order valence-electron chi connectivity index (χ1n) is 7.77. The summed E-state index contributed by atoms with van der Waals surface area (Å²) < 4.78 is 32.3. The van der Waals surface area contributed by atoms with Gasteiger partial charge in [-0.15, -0.1) is 0 Å². The Hall–Kier alpha value is -1.41. The molecular weight excluding hydrogens is 350 g/mol. The zero-order valence-corrected chi connectivity index (χ0v) is 15.3. The number of nitrogens with zero attached hydrogens (tertiary/aromatic N) is 3. The molecule has 1 aliphatic heterocycles. The molecule has 1 aliphatic rings. The van der Waals surface area contributed by atoms with Gasteiger partial charge in [0.2, 0.25) is 10.0 Å². The Morgan fingerprint density at radius 2 is 1.88 bits per heavy atom. The minimum atomic E-state index is -3.56. The van der Waals surface area contributed by atoms with Gasteiger partial charge < -0.3 is 4.52 Å². The van der Waals surface area contributed by atoms with Gasteiger partial charge in [0.15, 0.2) is 5.76 Å². The van der Waals surface area contributed by atoms with Crippen molar-refractivity contribution >= 4 is 21.6 Å². The van der Waals surface area contributed by atoms with Crippen LogP contribution in [0.3, 0.4) is 0 Å². The molecule has 0 aliphatic carbocycles. The molecule has 0 amide bonds. The van der Waals surface area contributed by atoms with Crippen molar-refractivity contribution in [2.24, 2.45) is 0 Å². The van der Waals surface area contributed by atoms with Gasteiger partial charge in [0, 0.05) is 32.2 Å². The van der Waals surface area contributed by atoms with Crippen molar-refractivity contribution in [1.82, 2.24) is 14.4 Å². The second-order valence-corrected chi connectivity index (χ2v) is 8.36. The Bertz CT molecular complexity index is 827. The van der Waals surface area contributed by atoms with Crippen LogP contribution in [0.4, 0.5) is 0 Å². The predicted octanol–water partition coefficient (Wildman–Crippen LogP) is 2.45. The molecule has 130 valence electrons. The Labute approximate surface area is 147 Å². The molecular formula is C16H20ClN3O3S. The minimum absolute atomic E-state index is 0.175. The monoisotopic (exact) mass is 369 g/mol. The number of hydrogen-bond donors (Lipinski definition) is 0. The number of piperazine rings is 1. The van der Waals surface area contributed by atoms with Crippen LogP contribution in [0.2, 0.25) is 5.02 Å². The smallest absolute Gasteiger partial charge is 0.244 e. The van der Waals surface area contributed by atoms with E-state index in [9.17, 15) is 8.42 Å². The molecule has 0 N–H and O–H groups in total. The van der Waals surface area contributed by atoms with Gasteiger partial charge in [-0.3, -0.25) is 4.90 Å². The van der Waals surface area contributed by atoms with Crippen LogP contribution < -0.4 is 0 Å². The number of benzene rings is 1. The zero-order chi connectivity index (χ0) is 17.3. The highest BCUT2D eigenvalue weighted by molar-refractivity contribution is 7.89. The maximum Gasteiger partial charge on any atom is 0.244 e. The van der Waals surface area contributed by atoms with Gasteiger partial charge in [-0.25, -0.2) is 8.42 Å². The van der Waals surface area contributed by atoms with Gasteiger partial charge in [-0.05, 0) is 31.5 Å². The minimum Gasteiger partial charge on any atom is -0.360 e. The molecule has 0 spiro atoms. The van der Waals surface area contributed by atoms with Crippen LogP contribution in [0.5, 0.6) is 0 Å². The van der Waals surface area contributed by atoms with Crippen LogP contribution in [0.1, 0.15) is 17.0 Å². The number of sulfonamides is 1. The fourth-order valence-corrected chi connectivity index (χ4v) is 4.79. The Balaban J connectivity index is 1.67. The van der Waals surface area contributed by atoms with Crippen molar-refractivity contribution in [3.63, 3.8) is 0 Å². The number of rotatable bonds is 4. The topological polar surface area (TPSA) is 66.7 Å². The average molecular weight is 370 g/mol. The van der Waals surface area contributed by atoms with Crippen molar-refractivity contribution in [1.29, 1.82) is 0 Å². The first-order valence-corrected chi connectivity index (χ1v) is 9.59. The van der Waals surface area contributed by atoms with Gasteiger partial charge >= 0.3 is 0 Å². The van der Waals surface area contributed by atoms with Crippen LogP contribution in [0.25, 0.3) is 0 Å². The first-order chi connectivity index (χ1) is 11.4. The molecule has 6 nitrogen and oxygen atoms in total. The lowest BCUT2D eigenvalue weighted by Gasteiger charge is -2.33. The Morgan fingerprint density at radius 3 is 2.46 bits per heavy atom. The number of aryl methyl sites for hydroxylation is 2. The second kappa shape index (κ2) is 6.84. The van der Waals surface area contributed by atoms with Crippen LogP contribution in [-0.2, 0) is 16.6 Å². The Kier molecular flexibility index (Phi) is 4.96. The number of aromatic nitrogens is 1. The lowest BCUT2D eigenvalue weighted by Crippen LogP contribution is -2.48. The summed E-state index contributed by atoms with van der Waals surface area (Å²) >= 11 is 6.14. The van der Waals surface area contributed by atoms with Gasteiger partial charge in [0.1, 0.15) is 4.90 Å². The highest BCUT2D eigenvalue weighted by Crippen LogP contribution is 2.26. The molecule has 0 unspecified atom stereocenters. The average Bonchev–Trinajstić information content (AvgIpc) is 2.92. The van der Waals surface area contributed by atoms with Crippen molar-refractivity contribution in [3.8, 4) is 0 Å². The second-order valence-electron chi connectivity index (χ2n) is 6.05. The molecule has 1 aromatic carbocycles. The fraction of sp³-hybridized carbons (Fsp3) is 0.438. The van der Waals surface area contributed by atoms with Crippen LogP contribution in [-0.4, -0.2) is 49.0 Å². The van der Waals surface area contributed by atoms with Crippen molar-refractivity contribution in [3.05, 3.63) is 46.3 Å². The SMILES string of the molecule is Cc1ccc(S(=O)(=O)N2CCN(Cc3cc(C)no3)CC2)c(Cl)c1. The molecule has 2 aromatic rings. The molecule has 8 heteroatoms. The van der Waals surface area contributed by atoms with E-state index < -0.39 is 10.0 Å². The van der Waals surface area contributed by atoms with E-state index in [1.54, 1.807) is 18.2 Å². The number of halogens is 1. The van der Waals surface area contributed by atoms with Gasteiger partial charge in [0.05, 0.1) is 17.3 Å². The number of hydrogen-bond acceptors (Lipinski definition) is 5. The molecule has 1 saturated heterocycles. The van der Waals surface area contributed by atoms with Crippen LogP contribution >= 0.6 is 11.6 Å². The molecule has 0 bridgehead atoms. The molecule has 0 atom stereocenters. The van der Waals surface area contributed by atoms with Crippen LogP contribution in [0.15, 0.2) is 33.7 Å². The van der Waals surface area contributed by atoms with E-state index in [0.717, 1.165) is 17.0 Å². The lowest BCUT2D eigenvalue weighted by molar-refractivity contribution is 0.166. The lowest BCUT2D eigenvalue weighted by atomic mass is 10.2. The van der Waals surface area contributed by atoms with Crippen molar-refractivity contribution < 1.29 is 12.9 Å². The molecule has 1 aromatic heterocycles. The van der Waals surface area contributed by atoms with E-state index in [4.69, 9.17) is 16.1 Å². The molecule has 1 fully saturated rings. The summed E-state index contributed by atoms with van der Waals surface area (Å²) in [5, 5.41) is 4.14. The van der Waals surface area contributed by atoms with E-state index in [1.807, 2.05) is 19.9 Å². The van der Waals surface area contributed by atoms with Gasteiger partial charge in [0.25, 0.3) is 0 Å². The third-order valence-corrected chi connectivity index (χ3v) is 6.47. The summed E-state index contributed by atoms with van der Waals surface area (Å²) in [5.74, 6) is 0.797. The third-order valence-electron chi connectivity index (χ3n) is 4.09. The maximum atomic E-state index is 12.8. The fourth-order valence-electron chi connectivity index (χ4n) is 2.79. The standard InChI is InChI=1S/C16H20ClN3O3S/c1-12-3-4-16(15(17)9-12)24(21,22)20-7-5-19(6-8-20)11-14-10-13(2)18-23-14/h3-4,9-10H,5-8,11H2,1-2H3. The maximum absolute atomic E-state index is 12.8. The van der Waals surface area contributed by atoms with E-state index >= 15 is 0 Å². The van der Waals surface area contributed by atoms with E-state index in [-0.39, 0.29) is 9.92 Å². The first kappa shape index (κ1) is 17.4. The summed E-state index contributed by atoms with van der Waals surface area (Å²) in [7, 11) is -3.56. The predicted molar refractivity (Wildman–Crippen MR) is 91.5 cm³/mol. The highest BCUT2D eigenvalue weighted by atomic mass is 35.5. The molecule has 3 rings (SSSR count). The van der Waals surface area contributed by atoms with Crippen molar-refractivity contribution in [2.75, 3.05) is 26.2 Å². The normalized spacial score (nSPS) is 17.3. The van der Waals surface area contributed by atoms with Gasteiger partial charge in [-0.1, -0.05) is 22.8 Å². The molecule has 2 heterocycles. The summed E-state index contributed by atoms with van der Waals surface area (Å²) in [6.45, 7) is 6.54. The van der Waals surface area contributed by atoms with Crippen LogP contribution in [0, 0.1) is 13.8 Å². The zero-order valence-electron chi connectivity index (χ0n) is 13.7. The summed E-state index contributed by atoms with van der Waals surface area (Å²) in [4.78, 5) is 2.33. The van der Waals surface area contributed by atoms with Crippen molar-refractivity contribution in [2.45, 2.75) is 25.3 Å². The van der Waals surface area contributed by atoms with E-state index in [1.165, 1.54) is 4.31 Å². The summed E-state index contributed by atoms with van der Waals surface area (Å²) in [6.07, 6.45) is 0. The molecule has 0 radical (unpaired) electrons. The third kappa shape index (κ3) is 3.64. The summed E-state index contributed by atoms with van der Waals surface area (Å²) in [6, 6.07) is 6.92. The summed E-state index contributed by atoms with van der Waals surface area (Å²) in [5.41, 5.74) is 1.78. The highest BCUT2D eigenvalue weighted by Gasteiger charge is 2.30. The van der Waals surface area contributed by atoms with E-state index in [2.05, 4.69) is 10.1 Å². The largest absolute Gasteiger partial charge is 0.360 e. The molecule has 0 saturated carbocycles.